The summed E-state index contributed by atoms with van der Waals surface area (Å²) >= 11 is -0.607. The van der Waals surface area contributed by atoms with Crippen LogP contribution in [0, 0.1) is 0 Å². The van der Waals surface area contributed by atoms with Crippen LogP contribution < -0.4 is 24.8 Å². The van der Waals surface area contributed by atoms with Crippen LogP contribution >= 0.6 is 0 Å². The van der Waals surface area contributed by atoms with Crippen LogP contribution in [0.25, 0.3) is 6.08 Å². The first-order chi connectivity index (χ1) is 10.8. The van der Waals surface area contributed by atoms with Gasteiger partial charge in [-0.05, 0) is 0 Å². The van der Waals surface area contributed by atoms with E-state index in [0.29, 0.717) is 2.75 Å². The number of benzene rings is 1. The molecule has 0 nitrogen and oxygen atoms in total. The van der Waals surface area contributed by atoms with Gasteiger partial charge >= 0.3 is 147 Å². The van der Waals surface area contributed by atoms with Gasteiger partial charge in [-0.2, -0.15) is 0 Å². The Hall–Kier alpha value is 0.120. The van der Waals surface area contributed by atoms with E-state index in [-0.39, 0.29) is 24.8 Å². The fraction of sp³-hybridized carbons (Fsp3) is 0.400. The molecule has 1 unspecified atom stereocenters. The van der Waals surface area contributed by atoms with E-state index in [9.17, 15) is 0 Å². The average Bonchev–Trinajstić information content (AvgIpc) is 3.13. The van der Waals surface area contributed by atoms with Crippen molar-refractivity contribution in [3.8, 4) is 0 Å². The van der Waals surface area contributed by atoms with Gasteiger partial charge in [-0.15, -0.1) is 0 Å². The van der Waals surface area contributed by atoms with Crippen LogP contribution in [0.15, 0.2) is 51.9 Å². The Morgan fingerprint density at radius 3 is 2.58 bits per heavy atom. The maximum absolute atomic E-state index is 2.71. The molecule has 0 aromatic heterocycles. The predicted molar refractivity (Wildman–Crippen MR) is 94.1 cm³/mol. The zero-order valence-corrected chi connectivity index (χ0v) is 19.2. The van der Waals surface area contributed by atoms with Crippen molar-refractivity contribution < 1.29 is 48.0 Å². The summed E-state index contributed by atoms with van der Waals surface area (Å²) in [7, 11) is -1.16. The fourth-order valence-corrected chi connectivity index (χ4v) is 19.3. The number of fused-ring (bicyclic) bond motifs is 1. The van der Waals surface area contributed by atoms with Crippen molar-refractivity contribution in [2.45, 2.75) is 47.1 Å². The Kier molecular flexibility index (Phi) is 6.99. The van der Waals surface area contributed by atoms with Crippen molar-refractivity contribution in [1.29, 1.82) is 0 Å². The van der Waals surface area contributed by atoms with E-state index in [2.05, 4.69) is 61.6 Å². The van der Waals surface area contributed by atoms with Gasteiger partial charge in [0.2, 0.25) is 0 Å². The summed E-state index contributed by atoms with van der Waals surface area (Å²) in [5, 5.41) is 0. The SMILES string of the molecule is CCC[Si]1([C]2([Zr+2][C]3=CC=CC3)C=Cc3ccccc32)CCC1.[Cl-].[Cl-]. The van der Waals surface area contributed by atoms with E-state index in [4.69, 9.17) is 0 Å². The summed E-state index contributed by atoms with van der Waals surface area (Å²) in [4.78, 5) is 0. The van der Waals surface area contributed by atoms with Crippen LogP contribution in [-0.2, 0) is 26.0 Å². The quantitative estimate of drug-likeness (QED) is 0.534. The van der Waals surface area contributed by atoms with Crippen molar-refractivity contribution >= 4 is 14.1 Å². The smallest absolute Gasteiger partial charge is 1.00 e. The summed E-state index contributed by atoms with van der Waals surface area (Å²) in [5.41, 5.74) is 3.26. The maximum atomic E-state index is 2.71. The first-order valence-electron chi connectivity index (χ1n) is 8.72. The molecule has 1 fully saturated rings. The topological polar surface area (TPSA) is 0 Å². The molecule has 126 valence electrons. The molecule has 0 N–H and O–H groups in total. The number of allylic oxidation sites excluding steroid dienone is 5. The zero-order valence-electron chi connectivity index (χ0n) is 14.2. The average molecular weight is 455 g/mol. The van der Waals surface area contributed by atoms with Gasteiger partial charge in [0.1, 0.15) is 0 Å². The molecule has 0 amide bonds. The Morgan fingerprint density at radius 2 is 1.96 bits per heavy atom. The van der Waals surface area contributed by atoms with Crippen molar-refractivity contribution in [2.75, 3.05) is 0 Å². The second-order valence-corrected chi connectivity index (χ2v) is 17.3. The summed E-state index contributed by atoms with van der Waals surface area (Å²) < 4.78 is 2.37. The molecular weight excluding hydrogens is 430 g/mol. The first kappa shape index (κ1) is 20.4. The molecule has 24 heavy (non-hydrogen) atoms. The molecule has 1 saturated heterocycles. The molecule has 0 spiro atoms. The van der Waals surface area contributed by atoms with Crippen molar-refractivity contribution in [3.05, 3.63) is 63.0 Å². The molecule has 1 atom stereocenters. The third-order valence-corrected chi connectivity index (χ3v) is 20.5. The molecule has 1 heterocycles. The number of hydrogen-bond acceptors (Lipinski definition) is 0. The van der Waals surface area contributed by atoms with E-state index in [0.717, 1.165) is 0 Å². The molecule has 3 aliphatic rings. The van der Waals surface area contributed by atoms with Crippen LogP contribution in [0.3, 0.4) is 0 Å². The third kappa shape index (κ3) is 3.13. The Morgan fingerprint density at radius 1 is 1.17 bits per heavy atom. The predicted octanol–water partition coefficient (Wildman–Crippen LogP) is -0.355. The minimum atomic E-state index is -1.16. The Balaban J connectivity index is 0.00000104. The van der Waals surface area contributed by atoms with E-state index in [1.165, 1.54) is 24.8 Å². The normalized spacial score (nSPS) is 25.0. The molecule has 0 bridgehead atoms. The van der Waals surface area contributed by atoms with Gasteiger partial charge < -0.3 is 24.8 Å². The van der Waals surface area contributed by atoms with Crippen molar-refractivity contribution in [3.63, 3.8) is 0 Å². The molecule has 1 aromatic rings. The standard InChI is InChI=1S/C15H19Si.C5H5.2ClH.Zr/c1-2-10-16(11-5-12-16)15-9-8-13-6-3-4-7-14(13)15;1-2-4-5-3-1;;;/h3-4,6-9H,2,5,10-12H2,1H3;1-3H,4H2;2*1H;/q;;;;+2/p-2. The molecule has 4 rings (SSSR count). The maximum Gasteiger partial charge on any atom is -1.00 e. The molecule has 0 saturated carbocycles. The minimum absolute atomic E-state index is 0. The minimum Gasteiger partial charge on any atom is -1.00 e. The van der Waals surface area contributed by atoms with E-state index < -0.39 is 31.3 Å². The van der Waals surface area contributed by atoms with Crippen LogP contribution in [0.4, 0.5) is 0 Å². The van der Waals surface area contributed by atoms with E-state index in [1.54, 1.807) is 23.7 Å². The van der Waals surface area contributed by atoms with Gasteiger partial charge in [0, 0.05) is 0 Å². The molecule has 2 aliphatic carbocycles. The van der Waals surface area contributed by atoms with Crippen LogP contribution in [0.1, 0.15) is 37.3 Å². The molecule has 0 radical (unpaired) electrons. The number of hydrogen-bond donors (Lipinski definition) is 0. The van der Waals surface area contributed by atoms with E-state index in [1.807, 2.05) is 3.28 Å². The van der Waals surface area contributed by atoms with Gasteiger partial charge in [-0.1, -0.05) is 0 Å². The van der Waals surface area contributed by atoms with Crippen LogP contribution in [-0.4, -0.2) is 8.07 Å². The largest absolute Gasteiger partial charge is 1.00 e. The Bertz CT molecular complexity index is 676. The van der Waals surface area contributed by atoms with Crippen molar-refractivity contribution in [2.24, 2.45) is 0 Å². The van der Waals surface area contributed by atoms with Gasteiger partial charge in [0.15, 0.2) is 0 Å². The van der Waals surface area contributed by atoms with Gasteiger partial charge in [0.25, 0.3) is 0 Å². The van der Waals surface area contributed by atoms with Crippen molar-refractivity contribution in [1.82, 2.24) is 0 Å². The molecule has 4 heteroatoms. The Labute approximate surface area is 171 Å². The van der Waals surface area contributed by atoms with E-state index >= 15 is 0 Å². The first-order valence-corrected chi connectivity index (χ1v) is 13.8. The van der Waals surface area contributed by atoms with Gasteiger partial charge in [0.05, 0.1) is 0 Å². The molecule has 1 aromatic carbocycles. The van der Waals surface area contributed by atoms with Crippen LogP contribution in [0.2, 0.25) is 18.1 Å². The summed E-state index contributed by atoms with van der Waals surface area (Å²) in [6.07, 6.45) is 16.4. The van der Waals surface area contributed by atoms with Crippen LogP contribution in [0.5, 0.6) is 0 Å². The molecular formula is C20H24Cl2SiZr. The van der Waals surface area contributed by atoms with Gasteiger partial charge in [-0.25, -0.2) is 0 Å². The third-order valence-electron chi connectivity index (χ3n) is 5.90. The second kappa shape index (κ2) is 8.21. The monoisotopic (exact) mass is 452 g/mol. The number of halogens is 2. The zero-order chi connectivity index (χ0) is 15.0. The summed E-state index contributed by atoms with van der Waals surface area (Å²) in [6.45, 7) is 2.41. The summed E-state index contributed by atoms with van der Waals surface area (Å²) in [6, 6.07) is 14.0. The fourth-order valence-electron chi connectivity index (χ4n) is 4.73. The summed E-state index contributed by atoms with van der Waals surface area (Å²) in [5.74, 6) is 0. The number of rotatable bonds is 5. The molecule has 1 aliphatic heterocycles. The second-order valence-electron chi connectivity index (χ2n) is 7.06. The van der Waals surface area contributed by atoms with Gasteiger partial charge in [-0.3, -0.25) is 0 Å².